The summed E-state index contributed by atoms with van der Waals surface area (Å²) in [7, 11) is 0. The summed E-state index contributed by atoms with van der Waals surface area (Å²) in [6, 6.07) is 3.99. The van der Waals surface area contributed by atoms with Gasteiger partial charge < -0.3 is 4.42 Å². The molecule has 1 aliphatic rings. The molecule has 1 aliphatic heterocycles. The predicted octanol–water partition coefficient (Wildman–Crippen LogP) is 2.19. The minimum Gasteiger partial charge on any atom is -0.461 e. The average Bonchev–Trinajstić information content (AvgIpc) is 2.76. The van der Waals surface area contributed by atoms with Gasteiger partial charge in [0.05, 0.1) is 12.8 Å². The van der Waals surface area contributed by atoms with E-state index < -0.39 is 0 Å². The molecule has 2 rings (SSSR count). The molecule has 0 spiro atoms. The van der Waals surface area contributed by atoms with Crippen molar-refractivity contribution in [3.05, 3.63) is 24.2 Å². The lowest BCUT2D eigenvalue weighted by molar-refractivity contribution is 0.0897. The number of Topliss-reactive ketones (excluding diaryl/α,β-unsaturated/α-hetero) is 1. The molecule has 0 N–H and O–H groups in total. The molecule has 82 valence electrons. The third kappa shape index (κ3) is 2.29. The van der Waals surface area contributed by atoms with Gasteiger partial charge in [0.15, 0.2) is 5.76 Å². The number of furan rings is 1. The number of rotatable bonds is 3. The molecular formula is C12H17NO2. The van der Waals surface area contributed by atoms with Crippen molar-refractivity contribution in [2.75, 3.05) is 13.1 Å². The summed E-state index contributed by atoms with van der Waals surface area (Å²) in [6.07, 6.45) is 2.73. The third-order valence-corrected chi connectivity index (χ3v) is 3.06. The first kappa shape index (κ1) is 10.4. The van der Waals surface area contributed by atoms with E-state index in [4.69, 9.17) is 4.42 Å². The van der Waals surface area contributed by atoms with Crippen LogP contribution in [-0.2, 0) is 0 Å². The number of ketones is 1. The van der Waals surface area contributed by atoms with E-state index in [9.17, 15) is 4.79 Å². The topological polar surface area (TPSA) is 33.5 Å². The number of likely N-dealkylation sites (tertiary alicyclic amines) is 1. The smallest absolute Gasteiger partial charge is 0.211 e. The second-order valence-electron chi connectivity index (χ2n) is 4.52. The fraction of sp³-hybridized carbons (Fsp3) is 0.583. The molecule has 2 atom stereocenters. The number of nitrogens with zero attached hydrogens (tertiary/aromatic N) is 1. The maximum atomic E-state index is 11.8. The Morgan fingerprint density at radius 2 is 2.40 bits per heavy atom. The highest BCUT2D eigenvalue weighted by atomic mass is 16.3. The van der Waals surface area contributed by atoms with E-state index in [1.165, 1.54) is 6.42 Å². The Labute approximate surface area is 90.1 Å². The Kier molecular flexibility index (Phi) is 2.91. The van der Waals surface area contributed by atoms with Gasteiger partial charge in [-0.15, -0.1) is 0 Å². The van der Waals surface area contributed by atoms with Crippen molar-refractivity contribution >= 4 is 5.78 Å². The molecule has 2 heterocycles. The highest BCUT2D eigenvalue weighted by Crippen LogP contribution is 2.22. The standard InChI is InChI=1S/C12H17NO2/c1-9-6-10(2)13(7-9)8-11(14)12-4-3-5-15-12/h3-5,9-10H,6-8H2,1-2H3. The second kappa shape index (κ2) is 4.19. The van der Waals surface area contributed by atoms with Crippen molar-refractivity contribution in [3.63, 3.8) is 0 Å². The molecule has 3 nitrogen and oxygen atoms in total. The minimum atomic E-state index is 0.0842. The van der Waals surface area contributed by atoms with Crippen molar-refractivity contribution in [1.29, 1.82) is 0 Å². The summed E-state index contributed by atoms with van der Waals surface area (Å²) in [6.45, 7) is 5.92. The number of hydrogen-bond donors (Lipinski definition) is 0. The van der Waals surface area contributed by atoms with Crippen LogP contribution in [0.25, 0.3) is 0 Å². The van der Waals surface area contributed by atoms with E-state index in [1.807, 2.05) is 0 Å². The Morgan fingerprint density at radius 1 is 1.60 bits per heavy atom. The normalized spacial score (nSPS) is 27.1. The van der Waals surface area contributed by atoms with Gasteiger partial charge in [-0.1, -0.05) is 6.92 Å². The monoisotopic (exact) mass is 207 g/mol. The van der Waals surface area contributed by atoms with Gasteiger partial charge in [0, 0.05) is 12.6 Å². The Bertz CT molecular complexity index is 331. The van der Waals surface area contributed by atoms with Crippen LogP contribution < -0.4 is 0 Å². The fourth-order valence-corrected chi connectivity index (χ4v) is 2.31. The molecular weight excluding hydrogens is 190 g/mol. The lowest BCUT2D eigenvalue weighted by Gasteiger charge is -2.19. The SMILES string of the molecule is CC1CC(C)N(CC(=O)c2ccco2)C1. The molecule has 1 aromatic rings. The average molecular weight is 207 g/mol. The van der Waals surface area contributed by atoms with Gasteiger partial charge in [-0.2, -0.15) is 0 Å². The fourth-order valence-electron chi connectivity index (χ4n) is 2.31. The molecule has 0 radical (unpaired) electrons. The lowest BCUT2D eigenvalue weighted by Crippen LogP contribution is -2.32. The van der Waals surface area contributed by atoms with Gasteiger partial charge in [0.1, 0.15) is 0 Å². The summed E-state index contributed by atoms with van der Waals surface area (Å²) in [5.74, 6) is 1.26. The molecule has 1 saturated heterocycles. The second-order valence-corrected chi connectivity index (χ2v) is 4.52. The summed E-state index contributed by atoms with van der Waals surface area (Å²) >= 11 is 0. The molecule has 0 bridgehead atoms. The van der Waals surface area contributed by atoms with Crippen molar-refractivity contribution in [3.8, 4) is 0 Å². The van der Waals surface area contributed by atoms with E-state index in [-0.39, 0.29) is 5.78 Å². The maximum Gasteiger partial charge on any atom is 0.211 e. The highest BCUT2D eigenvalue weighted by Gasteiger charge is 2.28. The van der Waals surface area contributed by atoms with Gasteiger partial charge in [0.2, 0.25) is 5.78 Å². The Balaban J connectivity index is 1.95. The van der Waals surface area contributed by atoms with E-state index in [1.54, 1.807) is 18.4 Å². The molecule has 3 heteroatoms. The molecule has 15 heavy (non-hydrogen) atoms. The van der Waals surface area contributed by atoms with E-state index >= 15 is 0 Å². The zero-order valence-corrected chi connectivity index (χ0v) is 9.27. The highest BCUT2D eigenvalue weighted by molar-refractivity contribution is 5.95. The van der Waals surface area contributed by atoms with Crippen LogP contribution in [0.5, 0.6) is 0 Å². The van der Waals surface area contributed by atoms with Gasteiger partial charge in [0.25, 0.3) is 0 Å². The first-order chi connectivity index (χ1) is 7.16. The van der Waals surface area contributed by atoms with Gasteiger partial charge >= 0.3 is 0 Å². The molecule has 0 amide bonds. The van der Waals surface area contributed by atoms with Crippen LogP contribution in [0, 0.1) is 5.92 Å². The Hall–Kier alpha value is -1.09. The van der Waals surface area contributed by atoms with Crippen molar-refractivity contribution in [1.82, 2.24) is 4.90 Å². The van der Waals surface area contributed by atoms with Gasteiger partial charge in [-0.25, -0.2) is 0 Å². The molecule has 0 aromatic carbocycles. The summed E-state index contributed by atoms with van der Waals surface area (Å²) < 4.78 is 5.09. The largest absolute Gasteiger partial charge is 0.461 e. The van der Waals surface area contributed by atoms with E-state index in [0.29, 0.717) is 24.3 Å². The third-order valence-electron chi connectivity index (χ3n) is 3.06. The minimum absolute atomic E-state index is 0.0842. The van der Waals surface area contributed by atoms with Crippen LogP contribution >= 0.6 is 0 Å². The van der Waals surface area contributed by atoms with Crippen LogP contribution in [0.1, 0.15) is 30.8 Å². The quantitative estimate of drug-likeness (QED) is 0.712. The molecule has 2 unspecified atom stereocenters. The molecule has 1 aromatic heterocycles. The summed E-state index contributed by atoms with van der Waals surface area (Å²) in [4.78, 5) is 14.0. The first-order valence-electron chi connectivity index (χ1n) is 5.47. The van der Waals surface area contributed by atoms with E-state index in [2.05, 4.69) is 18.7 Å². The van der Waals surface area contributed by atoms with Crippen LogP contribution in [0.4, 0.5) is 0 Å². The van der Waals surface area contributed by atoms with Crippen LogP contribution in [0.2, 0.25) is 0 Å². The van der Waals surface area contributed by atoms with Crippen LogP contribution in [0.15, 0.2) is 22.8 Å². The first-order valence-corrected chi connectivity index (χ1v) is 5.47. The zero-order valence-electron chi connectivity index (χ0n) is 9.27. The zero-order chi connectivity index (χ0) is 10.8. The predicted molar refractivity (Wildman–Crippen MR) is 57.9 cm³/mol. The lowest BCUT2D eigenvalue weighted by atomic mass is 10.1. The number of carbonyl (C=O) groups excluding carboxylic acids is 1. The maximum absolute atomic E-state index is 11.8. The molecule has 0 aliphatic carbocycles. The van der Waals surface area contributed by atoms with Gasteiger partial charge in [-0.3, -0.25) is 9.69 Å². The number of hydrogen-bond acceptors (Lipinski definition) is 3. The molecule has 1 fully saturated rings. The van der Waals surface area contributed by atoms with Crippen LogP contribution in [-0.4, -0.2) is 29.8 Å². The molecule has 0 saturated carbocycles. The van der Waals surface area contributed by atoms with Gasteiger partial charge in [-0.05, 0) is 31.4 Å². The van der Waals surface area contributed by atoms with Crippen LogP contribution in [0.3, 0.4) is 0 Å². The summed E-state index contributed by atoms with van der Waals surface area (Å²) in [5.41, 5.74) is 0. The van der Waals surface area contributed by atoms with Crippen molar-refractivity contribution < 1.29 is 9.21 Å². The van der Waals surface area contributed by atoms with Crippen molar-refractivity contribution in [2.45, 2.75) is 26.3 Å². The summed E-state index contributed by atoms with van der Waals surface area (Å²) in [5, 5.41) is 0. The number of carbonyl (C=O) groups is 1. The van der Waals surface area contributed by atoms with E-state index in [0.717, 1.165) is 6.54 Å². The Morgan fingerprint density at radius 3 is 2.93 bits per heavy atom. The van der Waals surface area contributed by atoms with Crippen molar-refractivity contribution in [2.24, 2.45) is 5.92 Å².